The SMILES string of the molecule is CC[N+](CC)(CC)C(C)CCc1ccccc1. The number of quaternary nitrogens is 1. The standard InChI is InChI=1S/C16H28N/c1-5-17(6-2,7-3)15(4)13-14-16-11-9-8-10-12-16/h8-12,15H,5-7,13-14H2,1-4H3/q+1. The Morgan fingerprint density at radius 1 is 0.941 bits per heavy atom. The monoisotopic (exact) mass is 234 g/mol. The molecule has 1 rings (SSSR count). The zero-order chi connectivity index (χ0) is 12.7. The molecule has 0 aliphatic rings. The topological polar surface area (TPSA) is 0 Å². The second kappa shape index (κ2) is 6.80. The van der Waals surface area contributed by atoms with E-state index >= 15 is 0 Å². The largest absolute Gasteiger partial charge is 0.322 e. The molecule has 0 radical (unpaired) electrons. The lowest BCUT2D eigenvalue weighted by atomic mass is 10.0. The average Bonchev–Trinajstić information content (AvgIpc) is 2.40. The summed E-state index contributed by atoms with van der Waals surface area (Å²) in [6, 6.07) is 11.6. The molecule has 0 aliphatic carbocycles. The van der Waals surface area contributed by atoms with Crippen molar-refractivity contribution in [2.45, 2.75) is 46.6 Å². The first kappa shape index (κ1) is 14.2. The third kappa shape index (κ3) is 3.57. The van der Waals surface area contributed by atoms with Crippen molar-refractivity contribution < 1.29 is 4.48 Å². The molecule has 0 amide bonds. The van der Waals surface area contributed by atoms with Gasteiger partial charge >= 0.3 is 0 Å². The van der Waals surface area contributed by atoms with E-state index in [1.54, 1.807) is 0 Å². The molecule has 1 nitrogen and oxygen atoms in total. The molecule has 1 heteroatoms. The van der Waals surface area contributed by atoms with E-state index in [0.717, 1.165) is 6.04 Å². The molecule has 0 heterocycles. The van der Waals surface area contributed by atoms with Crippen LogP contribution in [-0.2, 0) is 6.42 Å². The molecule has 1 atom stereocenters. The van der Waals surface area contributed by atoms with Gasteiger partial charge in [0.1, 0.15) is 0 Å². The van der Waals surface area contributed by atoms with E-state index in [1.165, 1.54) is 42.5 Å². The molecule has 0 aliphatic heterocycles. The van der Waals surface area contributed by atoms with Gasteiger partial charge in [-0.3, -0.25) is 0 Å². The molecule has 0 bridgehead atoms. The van der Waals surface area contributed by atoms with Crippen LogP contribution in [0.3, 0.4) is 0 Å². The number of rotatable bonds is 7. The van der Waals surface area contributed by atoms with Crippen molar-refractivity contribution in [3.8, 4) is 0 Å². The van der Waals surface area contributed by atoms with E-state index in [4.69, 9.17) is 0 Å². The van der Waals surface area contributed by atoms with Gasteiger partial charge in [-0.25, -0.2) is 0 Å². The van der Waals surface area contributed by atoms with Crippen LogP contribution in [0, 0.1) is 0 Å². The third-order valence-corrected chi connectivity index (χ3v) is 4.52. The van der Waals surface area contributed by atoms with Crippen molar-refractivity contribution in [2.24, 2.45) is 0 Å². The second-order valence-electron chi connectivity index (χ2n) is 5.04. The summed E-state index contributed by atoms with van der Waals surface area (Å²) in [6.45, 7) is 13.2. The molecule has 96 valence electrons. The van der Waals surface area contributed by atoms with Gasteiger partial charge in [-0.15, -0.1) is 0 Å². The maximum Gasteiger partial charge on any atom is 0.0864 e. The Morgan fingerprint density at radius 2 is 1.47 bits per heavy atom. The Labute approximate surface area is 107 Å². The van der Waals surface area contributed by atoms with Gasteiger partial charge < -0.3 is 4.48 Å². The molecule has 0 saturated heterocycles. The fourth-order valence-corrected chi connectivity index (χ4v) is 2.90. The van der Waals surface area contributed by atoms with E-state index in [1.807, 2.05) is 0 Å². The van der Waals surface area contributed by atoms with Gasteiger partial charge in [0.05, 0.1) is 25.7 Å². The van der Waals surface area contributed by atoms with Crippen LogP contribution < -0.4 is 0 Å². The predicted octanol–water partition coefficient (Wildman–Crippen LogP) is 3.88. The molecule has 0 N–H and O–H groups in total. The van der Waals surface area contributed by atoms with E-state index in [0.29, 0.717) is 0 Å². The van der Waals surface area contributed by atoms with Crippen LogP contribution in [0.2, 0.25) is 0 Å². The Hall–Kier alpha value is -0.820. The van der Waals surface area contributed by atoms with Crippen molar-refractivity contribution in [1.82, 2.24) is 0 Å². The summed E-state index contributed by atoms with van der Waals surface area (Å²) in [5, 5.41) is 0. The quantitative estimate of drug-likeness (QED) is 0.628. The van der Waals surface area contributed by atoms with Crippen LogP contribution in [0.5, 0.6) is 0 Å². The van der Waals surface area contributed by atoms with Crippen LogP contribution in [0.4, 0.5) is 0 Å². The van der Waals surface area contributed by atoms with E-state index in [-0.39, 0.29) is 0 Å². The minimum atomic E-state index is 0.759. The van der Waals surface area contributed by atoms with E-state index in [2.05, 4.69) is 58.0 Å². The fraction of sp³-hybridized carbons (Fsp3) is 0.625. The van der Waals surface area contributed by atoms with Gasteiger partial charge in [0.2, 0.25) is 0 Å². The highest BCUT2D eigenvalue weighted by Gasteiger charge is 2.27. The molecule has 1 unspecified atom stereocenters. The lowest BCUT2D eigenvalue weighted by molar-refractivity contribution is -0.945. The average molecular weight is 234 g/mol. The Bertz CT molecular complexity index is 292. The van der Waals surface area contributed by atoms with Crippen molar-refractivity contribution in [3.05, 3.63) is 35.9 Å². The highest BCUT2D eigenvalue weighted by Crippen LogP contribution is 2.18. The molecule has 1 aromatic rings. The van der Waals surface area contributed by atoms with Gasteiger partial charge in [0.15, 0.2) is 0 Å². The molecule has 17 heavy (non-hydrogen) atoms. The van der Waals surface area contributed by atoms with Gasteiger partial charge in [-0.1, -0.05) is 30.3 Å². The van der Waals surface area contributed by atoms with Crippen LogP contribution >= 0.6 is 0 Å². The number of aryl methyl sites for hydroxylation is 1. The molecule has 0 saturated carbocycles. The summed E-state index contributed by atoms with van der Waals surface area (Å²) < 4.78 is 1.26. The Balaban J connectivity index is 2.56. The molecular formula is C16H28N+. The fourth-order valence-electron chi connectivity index (χ4n) is 2.90. The first-order chi connectivity index (χ1) is 8.18. The van der Waals surface area contributed by atoms with Crippen LogP contribution in [0.25, 0.3) is 0 Å². The normalized spacial score (nSPS) is 13.6. The smallest absolute Gasteiger partial charge is 0.0864 e. The van der Waals surface area contributed by atoms with Crippen LogP contribution in [0.1, 0.15) is 39.7 Å². The van der Waals surface area contributed by atoms with Gasteiger partial charge in [-0.2, -0.15) is 0 Å². The van der Waals surface area contributed by atoms with E-state index in [9.17, 15) is 0 Å². The minimum absolute atomic E-state index is 0.759. The van der Waals surface area contributed by atoms with Crippen LogP contribution in [-0.4, -0.2) is 30.2 Å². The van der Waals surface area contributed by atoms with Crippen molar-refractivity contribution in [1.29, 1.82) is 0 Å². The maximum absolute atomic E-state index is 2.42. The Kier molecular flexibility index (Phi) is 5.70. The lowest BCUT2D eigenvalue weighted by Gasteiger charge is -2.41. The zero-order valence-electron chi connectivity index (χ0n) is 11.9. The molecular weight excluding hydrogens is 206 g/mol. The van der Waals surface area contributed by atoms with Crippen molar-refractivity contribution in [2.75, 3.05) is 19.6 Å². The first-order valence-electron chi connectivity index (χ1n) is 7.08. The predicted molar refractivity (Wildman–Crippen MR) is 76.1 cm³/mol. The molecule has 0 aromatic heterocycles. The maximum atomic E-state index is 2.42. The zero-order valence-corrected chi connectivity index (χ0v) is 11.9. The lowest BCUT2D eigenvalue weighted by Crippen LogP contribution is -2.54. The number of benzene rings is 1. The summed E-state index contributed by atoms with van der Waals surface area (Å²) in [6.07, 6.45) is 2.50. The van der Waals surface area contributed by atoms with Gasteiger partial charge in [0, 0.05) is 6.42 Å². The summed E-state index contributed by atoms with van der Waals surface area (Å²) in [5.74, 6) is 0. The van der Waals surface area contributed by atoms with Crippen LogP contribution in [0.15, 0.2) is 30.3 Å². The summed E-state index contributed by atoms with van der Waals surface area (Å²) in [7, 11) is 0. The number of hydrogen-bond acceptors (Lipinski definition) is 0. The highest BCUT2D eigenvalue weighted by molar-refractivity contribution is 5.14. The molecule has 1 aromatic carbocycles. The number of hydrogen-bond donors (Lipinski definition) is 0. The molecule has 0 spiro atoms. The third-order valence-electron chi connectivity index (χ3n) is 4.52. The molecule has 0 fully saturated rings. The summed E-state index contributed by atoms with van der Waals surface area (Å²) in [4.78, 5) is 0. The van der Waals surface area contributed by atoms with Crippen molar-refractivity contribution in [3.63, 3.8) is 0 Å². The summed E-state index contributed by atoms with van der Waals surface area (Å²) in [5.41, 5.74) is 1.47. The first-order valence-corrected chi connectivity index (χ1v) is 7.08. The van der Waals surface area contributed by atoms with E-state index < -0.39 is 0 Å². The summed E-state index contributed by atoms with van der Waals surface area (Å²) >= 11 is 0. The highest BCUT2D eigenvalue weighted by atomic mass is 15.4. The minimum Gasteiger partial charge on any atom is -0.322 e. The van der Waals surface area contributed by atoms with Gasteiger partial charge in [-0.05, 0) is 39.7 Å². The Morgan fingerprint density at radius 3 is 1.94 bits per heavy atom. The second-order valence-corrected chi connectivity index (χ2v) is 5.04. The van der Waals surface area contributed by atoms with Gasteiger partial charge in [0.25, 0.3) is 0 Å². The number of nitrogens with zero attached hydrogens (tertiary/aromatic N) is 1. The van der Waals surface area contributed by atoms with Crippen molar-refractivity contribution >= 4 is 0 Å².